The fourth-order valence-electron chi connectivity index (χ4n) is 2.65. The number of ketones is 2. The van der Waals surface area contributed by atoms with Gasteiger partial charge in [0.1, 0.15) is 11.6 Å². The Morgan fingerprint density at radius 2 is 1.62 bits per heavy atom. The first-order valence-corrected chi connectivity index (χ1v) is 7.70. The van der Waals surface area contributed by atoms with Crippen molar-refractivity contribution in [2.45, 2.75) is 46.1 Å². The molecule has 1 aromatic carbocycles. The normalized spacial score (nSPS) is 16.3. The van der Waals surface area contributed by atoms with Crippen molar-refractivity contribution in [2.75, 3.05) is 0 Å². The van der Waals surface area contributed by atoms with Crippen LogP contribution in [0.2, 0.25) is 0 Å². The first kappa shape index (κ1) is 18.2. The molecule has 0 saturated heterocycles. The van der Waals surface area contributed by atoms with Gasteiger partial charge in [0.2, 0.25) is 0 Å². The summed E-state index contributed by atoms with van der Waals surface area (Å²) in [5.41, 5.74) is -0.428. The summed E-state index contributed by atoms with van der Waals surface area (Å²) in [7, 11) is 0. The van der Waals surface area contributed by atoms with Crippen molar-refractivity contribution in [3.8, 4) is 0 Å². The van der Waals surface area contributed by atoms with E-state index in [0.29, 0.717) is 11.6 Å². The summed E-state index contributed by atoms with van der Waals surface area (Å²) < 4.78 is 27.4. The average molecular weight is 334 g/mol. The van der Waals surface area contributed by atoms with Gasteiger partial charge < -0.3 is 5.11 Å². The van der Waals surface area contributed by atoms with Gasteiger partial charge >= 0.3 is 0 Å². The summed E-state index contributed by atoms with van der Waals surface area (Å²) in [4.78, 5) is 25.3. The van der Waals surface area contributed by atoms with Crippen LogP contribution in [-0.4, -0.2) is 22.3 Å². The van der Waals surface area contributed by atoms with Gasteiger partial charge in [-0.1, -0.05) is 0 Å². The Hall–Kier alpha value is -2.14. The van der Waals surface area contributed by atoms with E-state index in [4.69, 9.17) is 0 Å². The molecule has 2 rings (SSSR count). The lowest BCUT2D eigenvalue weighted by Crippen LogP contribution is -2.25. The number of aliphatic hydroxyl groups is 1. The summed E-state index contributed by atoms with van der Waals surface area (Å²) in [6.45, 7) is 6.25. The average Bonchev–Trinajstić information content (AvgIpc) is 2.47. The summed E-state index contributed by atoms with van der Waals surface area (Å²) in [5, 5.41) is 9.91. The van der Waals surface area contributed by atoms with Crippen LogP contribution in [0.15, 0.2) is 34.9 Å². The predicted molar refractivity (Wildman–Crippen MR) is 87.2 cm³/mol. The second-order valence-electron chi connectivity index (χ2n) is 6.70. The third-order valence-electron chi connectivity index (χ3n) is 4.23. The van der Waals surface area contributed by atoms with Gasteiger partial charge in [0.05, 0.1) is 5.60 Å². The Balaban J connectivity index is 2.63. The number of benzene rings is 1. The van der Waals surface area contributed by atoms with Crippen LogP contribution in [-0.2, 0) is 9.59 Å². The van der Waals surface area contributed by atoms with Crippen LogP contribution in [0.5, 0.6) is 0 Å². The highest BCUT2D eigenvalue weighted by Crippen LogP contribution is 2.35. The third kappa shape index (κ3) is 3.51. The van der Waals surface area contributed by atoms with E-state index in [-0.39, 0.29) is 40.9 Å². The Morgan fingerprint density at radius 1 is 1.04 bits per heavy atom. The molecule has 3 nitrogen and oxygen atoms in total. The van der Waals surface area contributed by atoms with Gasteiger partial charge in [0, 0.05) is 33.9 Å². The lowest BCUT2D eigenvalue weighted by molar-refractivity contribution is -0.115. The highest BCUT2D eigenvalue weighted by atomic mass is 19.1. The zero-order valence-electron chi connectivity index (χ0n) is 14.2. The van der Waals surface area contributed by atoms with Gasteiger partial charge in [-0.15, -0.1) is 0 Å². The van der Waals surface area contributed by atoms with Crippen LogP contribution in [0, 0.1) is 11.6 Å². The van der Waals surface area contributed by atoms with Gasteiger partial charge in [-0.05, 0) is 52.7 Å². The van der Waals surface area contributed by atoms with Crippen LogP contribution >= 0.6 is 0 Å². The SMILES string of the molecule is CC1=C(C)C(=O)C(c2ccc(F)cc2F)=C(CCC(C)(C)O)C1=O. The monoisotopic (exact) mass is 334 g/mol. The van der Waals surface area contributed by atoms with Crippen LogP contribution in [0.4, 0.5) is 8.78 Å². The topological polar surface area (TPSA) is 54.4 Å². The minimum atomic E-state index is -1.03. The highest BCUT2D eigenvalue weighted by Gasteiger charge is 2.33. The summed E-state index contributed by atoms with van der Waals surface area (Å²) in [6, 6.07) is 2.91. The number of hydrogen-bond acceptors (Lipinski definition) is 3. The van der Waals surface area contributed by atoms with Crippen molar-refractivity contribution in [3.05, 3.63) is 52.1 Å². The lowest BCUT2D eigenvalue weighted by atomic mass is 9.79. The molecule has 0 bridgehead atoms. The predicted octanol–water partition coefficient (Wildman–Crippen LogP) is 3.76. The molecule has 1 aliphatic carbocycles. The van der Waals surface area contributed by atoms with Gasteiger partial charge in [-0.3, -0.25) is 9.59 Å². The van der Waals surface area contributed by atoms with Crippen molar-refractivity contribution in [2.24, 2.45) is 0 Å². The number of carbonyl (C=O) groups is 2. The van der Waals surface area contributed by atoms with Crippen molar-refractivity contribution < 1.29 is 23.5 Å². The molecule has 0 fully saturated rings. The Morgan fingerprint density at radius 3 is 2.17 bits per heavy atom. The number of halogens is 2. The molecule has 1 N–H and O–H groups in total. The van der Waals surface area contributed by atoms with E-state index in [1.807, 2.05) is 0 Å². The maximum atomic E-state index is 14.2. The Bertz CT molecular complexity index is 780. The Kier molecular flexibility index (Phi) is 4.85. The van der Waals surface area contributed by atoms with Crippen molar-refractivity contribution in [1.29, 1.82) is 0 Å². The van der Waals surface area contributed by atoms with E-state index in [2.05, 4.69) is 0 Å². The second-order valence-corrected chi connectivity index (χ2v) is 6.70. The standard InChI is InChI=1S/C19H20F2O3/c1-10-11(2)18(23)16(13-6-5-12(20)9-15(13)21)14(17(10)22)7-8-19(3,4)24/h5-6,9,24H,7-8H2,1-4H3. The Labute approximate surface area is 139 Å². The maximum absolute atomic E-state index is 14.2. The van der Waals surface area contributed by atoms with E-state index < -0.39 is 23.0 Å². The molecule has 0 heterocycles. The molecule has 1 aromatic rings. The number of rotatable bonds is 4. The van der Waals surface area contributed by atoms with Gasteiger partial charge in [-0.2, -0.15) is 0 Å². The molecule has 0 saturated carbocycles. The zero-order valence-corrected chi connectivity index (χ0v) is 14.2. The van der Waals surface area contributed by atoms with Crippen LogP contribution < -0.4 is 0 Å². The number of allylic oxidation sites excluding steroid dienone is 4. The molecule has 0 spiro atoms. The maximum Gasteiger partial charge on any atom is 0.190 e. The number of hydrogen-bond donors (Lipinski definition) is 1. The second kappa shape index (κ2) is 6.40. The molecule has 0 atom stereocenters. The quantitative estimate of drug-likeness (QED) is 0.853. The van der Waals surface area contributed by atoms with Gasteiger partial charge in [0.25, 0.3) is 0 Å². The molecule has 0 aliphatic heterocycles. The summed E-state index contributed by atoms with van der Waals surface area (Å²) in [5.74, 6) is -2.43. The summed E-state index contributed by atoms with van der Waals surface area (Å²) >= 11 is 0. The van der Waals surface area contributed by atoms with Gasteiger partial charge in [-0.25, -0.2) is 8.78 Å². The van der Waals surface area contributed by atoms with Crippen molar-refractivity contribution in [3.63, 3.8) is 0 Å². The largest absolute Gasteiger partial charge is 0.390 e. The number of carbonyl (C=O) groups excluding carboxylic acids is 2. The van der Waals surface area contributed by atoms with Crippen molar-refractivity contribution >= 4 is 17.1 Å². The van der Waals surface area contributed by atoms with Crippen molar-refractivity contribution in [1.82, 2.24) is 0 Å². The lowest BCUT2D eigenvalue weighted by Gasteiger charge is -2.24. The minimum absolute atomic E-state index is 0.0372. The first-order valence-electron chi connectivity index (χ1n) is 7.70. The first-order chi connectivity index (χ1) is 11.0. The van der Waals surface area contributed by atoms with Crippen LogP contribution in [0.25, 0.3) is 5.57 Å². The fraction of sp³-hybridized carbons (Fsp3) is 0.368. The third-order valence-corrected chi connectivity index (χ3v) is 4.23. The molecule has 0 aromatic heterocycles. The molecule has 24 heavy (non-hydrogen) atoms. The summed E-state index contributed by atoms with van der Waals surface area (Å²) in [6.07, 6.45) is 0.366. The van der Waals surface area contributed by atoms with E-state index in [1.165, 1.54) is 13.0 Å². The van der Waals surface area contributed by atoms with E-state index in [9.17, 15) is 23.5 Å². The van der Waals surface area contributed by atoms with E-state index >= 15 is 0 Å². The molecule has 128 valence electrons. The molecule has 0 amide bonds. The van der Waals surface area contributed by atoms with Crippen LogP contribution in [0.3, 0.4) is 0 Å². The molecule has 1 aliphatic rings. The highest BCUT2D eigenvalue weighted by molar-refractivity contribution is 6.39. The van der Waals surface area contributed by atoms with Gasteiger partial charge in [0.15, 0.2) is 11.6 Å². The van der Waals surface area contributed by atoms with Crippen LogP contribution in [0.1, 0.15) is 46.1 Å². The minimum Gasteiger partial charge on any atom is -0.390 e. The molecule has 0 radical (unpaired) electrons. The molecular formula is C19H20F2O3. The molecular weight excluding hydrogens is 314 g/mol. The van der Waals surface area contributed by atoms with E-state index in [0.717, 1.165) is 6.07 Å². The number of Topliss-reactive ketones (excluding diaryl/α,β-unsaturated/α-hetero) is 2. The zero-order chi connectivity index (χ0) is 18.2. The fourth-order valence-corrected chi connectivity index (χ4v) is 2.65. The smallest absolute Gasteiger partial charge is 0.190 e. The molecule has 5 heteroatoms. The van der Waals surface area contributed by atoms with E-state index in [1.54, 1.807) is 20.8 Å². The molecule has 0 unspecified atom stereocenters.